The van der Waals surface area contributed by atoms with Crippen molar-refractivity contribution in [2.75, 3.05) is 0 Å². The van der Waals surface area contributed by atoms with Gasteiger partial charge in [-0.1, -0.05) is 6.92 Å². The Balaban J connectivity index is 3.96. The SMILES string of the molecule is CCC(OC(=O)O)C(O)CCC(=O)O. The van der Waals surface area contributed by atoms with Gasteiger partial charge in [0.15, 0.2) is 0 Å². The second-order valence-corrected chi connectivity index (χ2v) is 2.83. The van der Waals surface area contributed by atoms with Gasteiger partial charge in [-0.15, -0.1) is 0 Å². The van der Waals surface area contributed by atoms with E-state index in [0.29, 0.717) is 6.42 Å². The number of carbonyl (C=O) groups is 2. The summed E-state index contributed by atoms with van der Waals surface area (Å²) >= 11 is 0. The van der Waals surface area contributed by atoms with Crippen molar-refractivity contribution >= 4 is 12.1 Å². The third kappa shape index (κ3) is 5.36. The van der Waals surface area contributed by atoms with Crippen LogP contribution in [-0.2, 0) is 9.53 Å². The van der Waals surface area contributed by atoms with Crippen molar-refractivity contribution in [3.63, 3.8) is 0 Å². The van der Waals surface area contributed by atoms with Crippen molar-refractivity contribution in [2.24, 2.45) is 0 Å². The minimum absolute atomic E-state index is 0.0128. The number of ether oxygens (including phenoxy) is 1. The quantitative estimate of drug-likeness (QED) is 0.552. The van der Waals surface area contributed by atoms with Gasteiger partial charge in [0.25, 0.3) is 0 Å². The Bertz CT molecular complexity index is 202. The maximum Gasteiger partial charge on any atom is 0.506 e. The van der Waals surface area contributed by atoms with Gasteiger partial charge in [-0.2, -0.15) is 0 Å². The average molecular weight is 206 g/mol. The van der Waals surface area contributed by atoms with E-state index in [2.05, 4.69) is 4.74 Å². The van der Waals surface area contributed by atoms with E-state index in [9.17, 15) is 14.7 Å². The van der Waals surface area contributed by atoms with Crippen LogP contribution in [0.25, 0.3) is 0 Å². The average Bonchev–Trinajstić information content (AvgIpc) is 2.09. The highest BCUT2D eigenvalue weighted by molar-refractivity contribution is 5.66. The summed E-state index contributed by atoms with van der Waals surface area (Å²) in [6.07, 6.45) is -3.29. The van der Waals surface area contributed by atoms with Crippen LogP contribution in [0.3, 0.4) is 0 Å². The third-order valence-electron chi connectivity index (χ3n) is 1.74. The maximum absolute atomic E-state index is 10.2. The molecule has 2 atom stereocenters. The molecule has 0 aromatic heterocycles. The van der Waals surface area contributed by atoms with Gasteiger partial charge in [0.05, 0.1) is 6.10 Å². The smallest absolute Gasteiger partial charge is 0.481 e. The summed E-state index contributed by atoms with van der Waals surface area (Å²) in [4.78, 5) is 20.3. The molecule has 0 aliphatic heterocycles. The first-order valence-electron chi connectivity index (χ1n) is 4.26. The molecule has 0 spiro atoms. The molecule has 6 nitrogen and oxygen atoms in total. The predicted octanol–water partition coefficient (Wildman–Crippen LogP) is 0.685. The maximum atomic E-state index is 10.2. The lowest BCUT2D eigenvalue weighted by Gasteiger charge is -2.19. The van der Waals surface area contributed by atoms with E-state index < -0.39 is 24.3 Å². The molecular formula is C8H14O6. The van der Waals surface area contributed by atoms with Crippen LogP contribution in [0.15, 0.2) is 0 Å². The zero-order chi connectivity index (χ0) is 11.1. The van der Waals surface area contributed by atoms with E-state index in [1.807, 2.05) is 0 Å². The van der Waals surface area contributed by atoms with Crippen LogP contribution in [-0.4, -0.2) is 39.7 Å². The van der Waals surface area contributed by atoms with E-state index in [-0.39, 0.29) is 12.8 Å². The Kier molecular flexibility index (Phi) is 5.62. The molecule has 0 rings (SSSR count). The number of carboxylic acids is 1. The molecule has 0 aliphatic carbocycles. The number of aliphatic carboxylic acids is 1. The van der Waals surface area contributed by atoms with Crippen LogP contribution >= 0.6 is 0 Å². The lowest BCUT2D eigenvalue weighted by molar-refractivity contribution is -0.138. The highest BCUT2D eigenvalue weighted by Gasteiger charge is 2.21. The molecule has 14 heavy (non-hydrogen) atoms. The fourth-order valence-corrected chi connectivity index (χ4v) is 1.02. The van der Waals surface area contributed by atoms with E-state index in [1.165, 1.54) is 0 Å². The molecule has 3 N–H and O–H groups in total. The first kappa shape index (κ1) is 12.7. The monoisotopic (exact) mass is 206 g/mol. The molecule has 0 saturated heterocycles. The molecule has 0 heterocycles. The van der Waals surface area contributed by atoms with Gasteiger partial charge in [-0.05, 0) is 12.8 Å². The van der Waals surface area contributed by atoms with Gasteiger partial charge in [-0.3, -0.25) is 4.79 Å². The van der Waals surface area contributed by atoms with E-state index in [4.69, 9.17) is 10.2 Å². The highest BCUT2D eigenvalue weighted by Crippen LogP contribution is 2.10. The van der Waals surface area contributed by atoms with Crippen molar-refractivity contribution in [1.29, 1.82) is 0 Å². The summed E-state index contributed by atoms with van der Waals surface area (Å²) in [5.74, 6) is -1.03. The summed E-state index contributed by atoms with van der Waals surface area (Å²) < 4.78 is 4.37. The van der Waals surface area contributed by atoms with Crippen LogP contribution in [0.5, 0.6) is 0 Å². The van der Waals surface area contributed by atoms with Gasteiger partial charge in [0.1, 0.15) is 6.10 Å². The van der Waals surface area contributed by atoms with Gasteiger partial charge in [0, 0.05) is 6.42 Å². The van der Waals surface area contributed by atoms with Crippen molar-refractivity contribution < 1.29 is 29.6 Å². The van der Waals surface area contributed by atoms with Crippen LogP contribution in [0.4, 0.5) is 4.79 Å². The fraction of sp³-hybridized carbons (Fsp3) is 0.750. The largest absolute Gasteiger partial charge is 0.506 e. The summed E-state index contributed by atoms with van der Waals surface area (Å²) in [7, 11) is 0. The zero-order valence-corrected chi connectivity index (χ0v) is 7.84. The Hall–Kier alpha value is -1.30. The summed E-state index contributed by atoms with van der Waals surface area (Å²) in [6, 6.07) is 0. The lowest BCUT2D eigenvalue weighted by atomic mass is 10.1. The van der Waals surface area contributed by atoms with Crippen molar-refractivity contribution in [2.45, 2.75) is 38.4 Å². The number of hydrogen-bond acceptors (Lipinski definition) is 4. The summed E-state index contributed by atoms with van der Waals surface area (Å²) in [6.45, 7) is 1.65. The van der Waals surface area contributed by atoms with Crippen molar-refractivity contribution in [3.8, 4) is 0 Å². The predicted molar refractivity (Wildman–Crippen MR) is 46.1 cm³/mol. The topological polar surface area (TPSA) is 104 Å². The molecule has 0 saturated carbocycles. The number of carboxylic acid groups (broad SMARTS) is 2. The van der Waals surface area contributed by atoms with Crippen LogP contribution in [0.2, 0.25) is 0 Å². The van der Waals surface area contributed by atoms with E-state index in [1.54, 1.807) is 6.92 Å². The number of aliphatic hydroxyl groups is 1. The minimum atomic E-state index is -1.47. The van der Waals surface area contributed by atoms with Crippen LogP contribution in [0, 0.1) is 0 Å². The normalized spacial score (nSPS) is 14.4. The Labute approximate surface area is 81.1 Å². The van der Waals surface area contributed by atoms with Gasteiger partial charge >= 0.3 is 12.1 Å². The summed E-state index contributed by atoms with van der Waals surface area (Å²) in [5.41, 5.74) is 0. The second kappa shape index (κ2) is 6.20. The molecule has 0 fully saturated rings. The van der Waals surface area contributed by atoms with Crippen LogP contribution < -0.4 is 0 Å². The molecule has 0 radical (unpaired) electrons. The molecule has 0 aliphatic rings. The zero-order valence-electron chi connectivity index (χ0n) is 7.84. The molecular weight excluding hydrogens is 192 g/mol. The Morgan fingerprint density at radius 2 is 1.93 bits per heavy atom. The molecule has 82 valence electrons. The Morgan fingerprint density at radius 1 is 1.36 bits per heavy atom. The third-order valence-corrected chi connectivity index (χ3v) is 1.74. The minimum Gasteiger partial charge on any atom is -0.481 e. The van der Waals surface area contributed by atoms with E-state index >= 15 is 0 Å². The number of hydrogen-bond donors (Lipinski definition) is 3. The van der Waals surface area contributed by atoms with E-state index in [0.717, 1.165) is 0 Å². The first-order valence-corrected chi connectivity index (χ1v) is 4.26. The molecule has 0 aromatic carbocycles. The summed E-state index contributed by atoms with van der Waals surface area (Å²) in [5, 5.41) is 26.0. The Morgan fingerprint density at radius 3 is 2.29 bits per heavy atom. The first-order chi connectivity index (χ1) is 6.47. The highest BCUT2D eigenvalue weighted by atomic mass is 16.7. The fourth-order valence-electron chi connectivity index (χ4n) is 1.02. The molecule has 0 bridgehead atoms. The van der Waals surface area contributed by atoms with Crippen LogP contribution in [0.1, 0.15) is 26.2 Å². The lowest BCUT2D eigenvalue weighted by Crippen LogP contribution is -2.30. The standard InChI is InChI=1S/C8H14O6/c1-2-6(14-8(12)13)5(9)3-4-7(10)11/h5-6,9H,2-4H2,1H3,(H,10,11)(H,12,13). The van der Waals surface area contributed by atoms with Crippen molar-refractivity contribution in [1.82, 2.24) is 0 Å². The van der Waals surface area contributed by atoms with Gasteiger partial charge < -0.3 is 20.1 Å². The molecule has 2 unspecified atom stereocenters. The molecule has 0 amide bonds. The van der Waals surface area contributed by atoms with Gasteiger partial charge in [-0.25, -0.2) is 4.79 Å². The van der Waals surface area contributed by atoms with Crippen molar-refractivity contribution in [3.05, 3.63) is 0 Å². The molecule has 0 aromatic rings. The van der Waals surface area contributed by atoms with Gasteiger partial charge in [0.2, 0.25) is 0 Å². The number of rotatable bonds is 6. The molecule has 6 heteroatoms. The second-order valence-electron chi connectivity index (χ2n) is 2.83. The number of aliphatic hydroxyl groups excluding tert-OH is 1.